The van der Waals surface area contributed by atoms with Crippen LogP contribution in [0.25, 0.3) is 21.8 Å². The summed E-state index contributed by atoms with van der Waals surface area (Å²) in [6, 6.07) is 15.9. The zero-order valence-electron chi connectivity index (χ0n) is 15.9. The fourth-order valence-electron chi connectivity index (χ4n) is 3.68. The van der Waals surface area contributed by atoms with E-state index in [0.717, 1.165) is 22.8 Å². The van der Waals surface area contributed by atoms with Gasteiger partial charge >= 0.3 is 0 Å². The number of Topliss-reactive ketones (excluding diaryl/α,β-unsaturated/α-hetero) is 1. The van der Waals surface area contributed by atoms with Gasteiger partial charge in [0.25, 0.3) is 0 Å². The molecule has 0 spiro atoms. The van der Waals surface area contributed by atoms with Crippen molar-refractivity contribution in [2.24, 2.45) is 0 Å². The summed E-state index contributed by atoms with van der Waals surface area (Å²) in [6.07, 6.45) is 5.02. The largest absolute Gasteiger partial charge is 0.361 e. The first-order valence-corrected chi connectivity index (χ1v) is 9.60. The summed E-state index contributed by atoms with van der Waals surface area (Å²) in [5.41, 5.74) is 3.89. The Balaban J connectivity index is 1.43. The monoisotopic (exact) mass is 373 g/mol. The minimum absolute atomic E-state index is 0.0592. The van der Waals surface area contributed by atoms with Gasteiger partial charge < -0.3 is 14.9 Å². The Hall–Kier alpha value is -3.34. The number of para-hydroxylation sites is 2. The Bertz CT molecular complexity index is 1150. The van der Waals surface area contributed by atoms with Gasteiger partial charge in [0.1, 0.15) is 6.54 Å². The van der Waals surface area contributed by atoms with Crippen molar-refractivity contribution in [1.82, 2.24) is 14.9 Å². The van der Waals surface area contributed by atoms with Crippen molar-refractivity contribution in [2.45, 2.75) is 26.3 Å². The number of nitrogens with zero attached hydrogens (tertiary/aromatic N) is 1. The molecule has 0 atom stereocenters. The van der Waals surface area contributed by atoms with E-state index >= 15 is 0 Å². The summed E-state index contributed by atoms with van der Waals surface area (Å²) in [4.78, 5) is 27.9. The molecule has 5 nitrogen and oxygen atoms in total. The SMILES string of the molecule is CCC(=O)c1cn(CC(=O)NCCc2c[nH]c3ccccc23)c2ccccc12. The lowest BCUT2D eigenvalue weighted by atomic mass is 10.1. The lowest BCUT2D eigenvalue weighted by molar-refractivity contribution is -0.121. The number of nitrogens with one attached hydrogen (secondary N) is 2. The number of amides is 1. The third-order valence-electron chi connectivity index (χ3n) is 5.12. The number of hydrogen-bond donors (Lipinski definition) is 2. The highest BCUT2D eigenvalue weighted by Crippen LogP contribution is 2.22. The number of carbonyl (C=O) groups is 2. The third-order valence-corrected chi connectivity index (χ3v) is 5.12. The first-order valence-electron chi connectivity index (χ1n) is 9.60. The standard InChI is InChI=1S/C23H23N3O2/c1-2-22(27)19-14-26(21-10-6-4-8-18(19)21)15-23(28)24-12-11-16-13-25-20-9-5-3-7-17(16)20/h3-10,13-14,25H,2,11-12,15H2,1H3,(H,24,28). The number of aromatic nitrogens is 2. The average molecular weight is 373 g/mol. The number of aromatic amines is 1. The molecule has 0 aliphatic rings. The lowest BCUT2D eigenvalue weighted by Gasteiger charge is -2.07. The molecule has 4 rings (SSSR count). The molecule has 2 N–H and O–H groups in total. The molecular formula is C23H23N3O2. The van der Waals surface area contributed by atoms with Crippen LogP contribution in [0, 0.1) is 0 Å². The molecule has 0 aliphatic carbocycles. The van der Waals surface area contributed by atoms with Gasteiger partial charge in [-0.2, -0.15) is 0 Å². The van der Waals surface area contributed by atoms with E-state index in [4.69, 9.17) is 0 Å². The predicted molar refractivity (Wildman–Crippen MR) is 112 cm³/mol. The first kappa shape index (κ1) is 18.0. The molecule has 1 amide bonds. The summed E-state index contributed by atoms with van der Waals surface area (Å²) in [6.45, 7) is 2.62. The molecule has 5 heteroatoms. The van der Waals surface area contributed by atoms with Crippen LogP contribution >= 0.6 is 0 Å². The van der Waals surface area contributed by atoms with E-state index in [1.54, 1.807) is 6.20 Å². The number of benzene rings is 2. The van der Waals surface area contributed by atoms with Crippen LogP contribution in [0.4, 0.5) is 0 Å². The summed E-state index contributed by atoms with van der Waals surface area (Å²) in [5, 5.41) is 5.09. The van der Waals surface area contributed by atoms with Crippen molar-refractivity contribution in [3.63, 3.8) is 0 Å². The van der Waals surface area contributed by atoms with Crippen molar-refractivity contribution in [2.75, 3.05) is 6.54 Å². The lowest BCUT2D eigenvalue weighted by Crippen LogP contribution is -2.29. The van der Waals surface area contributed by atoms with Gasteiger partial charge in [0.2, 0.25) is 5.91 Å². The number of fused-ring (bicyclic) bond motifs is 2. The molecule has 0 saturated carbocycles. The number of H-pyrrole nitrogens is 1. The van der Waals surface area contributed by atoms with E-state index in [9.17, 15) is 9.59 Å². The average Bonchev–Trinajstić information content (AvgIpc) is 3.30. The van der Waals surface area contributed by atoms with Gasteiger partial charge in [0.15, 0.2) is 5.78 Å². The molecule has 0 saturated heterocycles. The van der Waals surface area contributed by atoms with Crippen LogP contribution in [0.5, 0.6) is 0 Å². The Morgan fingerprint density at radius 2 is 1.79 bits per heavy atom. The number of ketones is 1. The van der Waals surface area contributed by atoms with Gasteiger partial charge in [-0.25, -0.2) is 0 Å². The Labute approximate surface area is 163 Å². The zero-order valence-corrected chi connectivity index (χ0v) is 15.9. The number of hydrogen-bond acceptors (Lipinski definition) is 2. The van der Waals surface area contributed by atoms with E-state index in [0.29, 0.717) is 18.5 Å². The number of carbonyl (C=O) groups excluding carboxylic acids is 2. The summed E-state index contributed by atoms with van der Waals surface area (Å²) < 4.78 is 1.86. The number of rotatable bonds is 7. The minimum atomic E-state index is -0.0592. The van der Waals surface area contributed by atoms with Crippen molar-refractivity contribution in [1.29, 1.82) is 0 Å². The van der Waals surface area contributed by atoms with E-state index in [-0.39, 0.29) is 18.2 Å². The molecule has 28 heavy (non-hydrogen) atoms. The molecule has 2 aromatic heterocycles. The van der Waals surface area contributed by atoms with Gasteiger partial charge in [-0.05, 0) is 24.1 Å². The van der Waals surface area contributed by atoms with Crippen LogP contribution in [0.1, 0.15) is 29.3 Å². The van der Waals surface area contributed by atoms with Crippen molar-refractivity contribution < 1.29 is 9.59 Å². The molecule has 142 valence electrons. The van der Waals surface area contributed by atoms with Crippen LogP contribution in [0.15, 0.2) is 60.9 Å². The summed E-state index contributed by atoms with van der Waals surface area (Å²) in [5.74, 6) is 0.0331. The Morgan fingerprint density at radius 3 is 2.61 bits per heavy atom. The molecule has 0 aliphatic heterocycles. The van der Waals surface area contributed by atoms with E-state index in [1.165, 1.54) is 10.9 Å². The predicted octanol–water partition coefficient (Wildman–Crippen LogP) is 4.07. The van der Waals surface area contributed by atoms with Gasteiger partial charge in [-0.1, -0.05) is 43.3 Å². The van der Waals surface area contributed by atoms with Gasteiger partial charge in [0, 0.05) is 52.7 Å². The first-order chi connectivity index (χ1) is 13.7. The fraction of sp³-hybridized carbons (Fsp3) is 0.217. The third kappa shape index (κ3) is 3.43. The zero-order chi connectivity index (χ0) is 19.5. The van der Waals surface area contributed by atoms with Crippen LogP contribution in [0.2, 0.25) is 0 Å². The molecule has 2 aromatic carbocycles. The van der Waals surface area contributed by atoms with Gasteiger partial charge in [-0.3, -0.25) is 9.59 Å². The highest BCUT2D eigenvalue weighted by Gasteiger charge is 2.15. The molecule has 4 aromatic rings. The molecule has 0 radical (unpaired) electrons. The molecule has 0 bridgehead atoms. The van der Waals surface area contributed by atoms with E-state index in [1.807, 2.05) is 60.2 Å². The van der Waals surface area contributed by atoms with E-state index in [2.05, 4.69) is 16.4 Å². The second-order valence-electron chi connectivity index (χ2n) is 6.92. The van der Waals surface area contributed by atoms with Crippen LogP contribution in [0.3, 0.4) is 0 Å². The van der Waals surface area contributed by atoms with E-state index < -0.39 is 0 Å². The minimum Gasteiger partial charge on any atom is -0.361 e. The Morgan fingerprint density at radius 1 is 1.04 bits per heavy atom. The molecule has 0 unspecified atom stereocenters. The second-order valence-corrected chi connectivity index (χ2v) is 6.92. The van der Waals surface area contributed by atoms with Crippen molar-refractivity contribution >= 4 is 33.5 Å². The summed E-state index contributed by atoms with van der Waals surface area (Å²) >= 11 is 0. The maximum Gasteiger partial charge on any atom is 0.239 e. The maximum absolute atomic E-state index is 12.5. The smallest absolute Gasteiger partial charge is 0.239 e. The van der Waals surface area contributed by atoms with Crippen molar-refractivity contribution in [3.8, 4) is 0 Å². The highest BCUT2D eigenvalue weighted by molar-refractivity contribution is 6.08. The Kier molecular flexibility index (Phi) is 4.98. The van der Waals surface area contributed by atoms with Crippen molar-refractivity contribution in [3.05, 3.63) is 72.1 Å². The summed E-state index contributed by atoms with van der Waals surface area (Å²) in [7, 11) is 0. The fourth-order valence-corrected chi connectivity index (χ4v) is 3.68. The topological polar surface area (TPSA) is 66.9 Å². The molecular weight excluding hydrogens is 350 g/mol. The van der Waals surface area contributed by atoms with Crippen LogP contribution in [-0.2, 0) is 17.8 Å². The van der Waals surface area contributed by atoms with Gasteiger partial charge in [0.05, 0.1) is 0 Å². The van der Waals surface area contributed by atoms with Crippen LogP contribution in [-0.4, -0.2) is 27.8 Å². The normalized spacial score (nSPS) is 11.2. The second kappa shape index (κ2) is 7.72. The molecule has 2 heterocycles. The quantitative estimate of drug-likeness (QED) is 0.480. The molecule has 0 fully saturated rings. The van der Waals surface area contributed by atoms with Gasteiger partial charge in [-0.15, -0.1) is 0 Å². The van der Waals surface area contributed by atoms with Crippen LogP contribution < -0.4 is 5.32 Å². The maximum atomic E-state index is 12.5. The highest BCUT2D eigenvalue weighted by atomic mass is 16.2.